The largest absolute Gasteiger partial charge is 0.351 e. The third kappa shape index (κ3) is 3.20. The second kappa shape index (κ2) is 5.67. The fourth-order valence-corrected chi connectivity index (χ4v) is 3.05. The van der Waals surface area contributed by atoms with Gasteiger partial charge in [-0.15, -0.1) is 11.3 Å². The molecule has 2 rings (SSSR count). The maximum atomic E-state index is 11.0. The van der Waals surface area contributed by atoms with Crippen LogP contribution in [0.25, 0.3) is 0 Å². The molecule has 0 aromatic carbocycles. The van der Waals surface area contributed by atoms with Crippen LogP contribution in [-0.4, -0.2) is 35.0 Å². The molecule has 1 aliphatic rings. The van der Waals surface area contributed by atoms with Gasteiger partial charge >= 0.3 is 6.03 Å². The van der Waals surface area contributed by atoms with Crippen molar-refractivity contribution in [3.8, 4) is 0 Å². The molecular weight excluding hydrogens is 248 g/mol. The van der Waals surface area contributed by atoms with Crippen LogP contribution in [0.15, 0.2) is 6.20 Å². The van der Waals surface area contributed by atoms with E-state index >= 15 is 0 Å². The molecule has 1 aromatic rings. The highest BCUT2D eigenvalue weighted by Gasteiger charge is 2.23. The first-order chi connectivity index (χ1) is 8.56. The number of carbonyl (C=O) groups is 1. The topological polar surface area (TPSA) is 71.2 Å². The Hall–Kier alpha value is -1.14. The summed E-state index contributed by atoms with van der Waals surface area (Å²) < 4.78 is 0. The summed E-state index contributed by atoms with van der Waals surface area (Å²) in [6.45, 7) is 5.70. The number of nitrogens with zero attached hydrogens (tertiary/aromatic N) is 2. The highest BCUT2D eigenvalue weighted by atomic mass is 32.1. The number of thiazole rings is 1. The molecule has 0 aliphatic carbocycles. The minimum Gasteiger partial charge on any atom is -0.351 e. The van der Waals surface area contributed by atoms with Crippen LogP contribution in [-0.2, 0) is 0 Å². The highest BCUT2D eigenvalue weighted by molar-refractivity contribution is 7.11. The first-order valence-electron chi connectivity index (χ1n) is 6.29. The van der Waals surface area contributed by atoms with Crippen molar-refractivity contribution in [3.05, 3.63) is 16.1 Å². The molecule has 1 unspecified atom stereocenters. The van der Waals surface area contributed by atoms with Crippen LogP contribution >= 0.6 is 11.3 Å². The maximum Gasteiger partial charge on any atom is 0.314 e. The van der Waals surface area contributed by atoms with E-state index in [1.165, 1.54) is 4.88 Å². The smallest absolute Gasteiger partial charge is 0.314 e. The summed E-state index contributed by atoms with van der Waals surface area (Å²) in [5.74, 6) is 0. The average Bonchev–Trinajstić information content (AvgIpc) is 2.76. The van der Waals surface area contributed by atoms with E-state index in [4.69, 9.17) is 5.73 Å². The number of carbonyl (C=O) groups excluding carboxylic acids is 1. The number of amides is 2. The van der Waals surface area contributed by atoms with E-state index < -0.39 is 0 Å². The van der Waals surface area contributed by atoms with E-state index in [-0.39, 0.29) is 12.1 Å². The first kappa shape index (κ1) is 13.3. The molecule has 0 radical (unpaired) electrons. The van der Waals surface area contributed by atoms with Crippen LogP contribution in [0.4, 0.5) is 4.79 Å². The molecule has 1 aromatic heterocycles. The Bertz CT molecular complexity index is 412. The zero-order chi connectivity index (χ0) is 13.1. The number of nitrogens with one attached hydrogen (secondary N) is 1. The van der Waals surface area contributed by atoms with E-state index in [0.717, 1.165) is 30.9 Å². The van der Waals surface area contributed by atoms with Crippen LogP contribution in [0.3, 0.4) is 0 Å². The lowest BCUT2D eigenvalue weighted by atomic mass is 10.0. The van der Waals surface area contributed by atoms with Crippen molar-refractivity contribution in [1.82, 2.24) is 15.2 Å². The lowest BCUT2D eigenvalue weighted by Gasteiger charge is -2.32. The molecule has 1 saturated heterocycles. The van der Waals surface area contributed by atoms with Crippen LogP contribution in [0.1, 0.15) is 35.7 Å². The monoisotopic (exact) mass is 268 g/mol. The summed E-state index contributed by atoms with van der Waals surface area (Å²) >= 11 is 1.73. The Labute approximate surface area is 111 Å². The summed E-state index contributed by atoms with van der Waals surface area (Å²) in [4.78, 5) is 18.4. The van der Waals surface area contributed by atoms with Crippen LogP contribution in [0.5, 0.6) is 0 Å². The number of rotatable bonds is 3. The quantitative estimate of drug-likeness (QED) is 0.875. The molecule has 2 amide bonds. The van der Waals surface area contributed by atoms with Gasteiger partial charge in [-0.2, -0.15) is 0 Å². The van der Waals surface area contributed by atoms with E-state index in [9.17, 15) is 4.79 Å². The molecule has 0 saturated carbocycles. The summed E-state index contributed by atoms with van der Waals surface area (Å²) in [6, 6.07) is 0.408. The van der Waals surface area contributed by atoms with Gasteiger partial charge in [-0.1, -0.05) is 0 Å². The second-order valence-electron chi connectivity index (χ2n) is 4.80. The van der Waals surface area contributed by atoms with Gasteiger partial charge in [0.25, 0.3) is 0 Å². The number of primary amides is 1. The molecule has 100 valence electrons. The van der Waals surface area contributed by atoms with Crippen molar-refractivity contribution in [2.45, 2.75) is 38.8 Å². The van der Waals surface area contributed by atoms with Gasteiger partial charge in [0.15, 0.2) is 0 Å². The van der Waals surface area contributed by atoms with E-state index in [1.54, 1.807) is 16.2 Å². The molecule has 0 bridgehead atoms. The predicted molar refractivity (Wildman–Crippen MR) is 72.6 cm³/mol. The Morgan fingerprint density at radius 2 is 2.28 bits per heavy atom. The summed E-state index contributed by atoms with van der Waals surface area (Å²) in [5.41, 5.74) is 5.27. The number of aryl methyl sites for hydroxylation is 1. The van der Waals surface area contributed by atoms with Gasteiger partial charge in [0.05, 0.1) is 6.04 Å². The SMILES string of the molecule is Cc1cnc(C(C)NC2CCN(C(N)=O)CC2)s1. The number of hydrogen-bond donors (Lipinski definition) is 2. The summed E-state index contributed by atoms with van der Waals surface area (Å²) in [7, 11) is 0. The number of hydrogen-bond acceptors (Lipinski definition) is 4. The second-order valence-corrected chi connectivity index (χ2v) is 6.06. The van der Waals surface area contributed by atoms with Gasteiger partial charge in [0, 0.05) is 30.2 Å². The molecule has 1 fully saturated rings. The van der Waals surface area contributed by atoms with Crippen molar-refractivity contribution in [2.75, 3.05) is 13.1 Å². The van der Waals surface area contributed by atoms with Crippen molar-refractivity contribution in [2.24, 2.45) is 5.73 Å². The van der Waals surface area contributed by atoms with Crippen molar-refractivity contribution in [3.63, 3.8) is 0 Å². The Morgan fingerprint density at radius 1 is 1.61 bits per heavy atom. The van der Waals surface area contributed by atoms with Crippen LogP contribution in [0.2, 0.25) is 0 Å². The third-order valence-electron chi connectivity index (χ3n) is 3.30. The fraction of sp³-hybridized carbons (Fsp3) is 0.667. The van der Waals surface area contributed by atoms with Crippen molar-refractivity contribution in [1.29, 1.82) is 0 Å². The normalized spacial score (nSPS) is 18.9. The average molecular weight is 268 g/mol. The molecule has 3 N–H and O–H groups in total. The minimum absolute atomic E-state index is 0.272. The zero-order valence-corrected chi connectivity index (χ0v) is 11.7. The molecule has 1 aliphatic heterocycles. The zero-order valence-electron chi connectivity index (χ0n) is 10.8. The molecule has 5 nitrogen and oxygen atoms in total. The lowest BCUT2D eigenvalue weighted by Crippen LogP contribution is -2.47. The first-order valence-corrected chi connectivity index (χ1v) is 7.10. The van der Waals surface area contributed by atoms with Crippen molar-refractivity contribution < 1.29 is 4.79 Å². The van der Waals surface area contributed by atoms with Gasteiger partial charge in [-0.25, -0.2) is 9.78 Å². The third-order valence-corrected chi connectivity index (χ3v) is 4.40. The van der Waals surface area contributed by atoms with Crippen molar-refractivity contribution >= 4 is 17.4 Å². The van der Waals surface area contributed by atoms with Gasteiger partial charge in [-0.3, -0.25) is 0 Å². The summed E-state index contributed by atoms with van der Waals surface area (Å²) in [5, 5.41) is 4.71. The van der Waals surface area contributed by atoms with Crippen LogP contribution in [0, 0.1) is 6.92 Å². The Morgan fingerprint density at radius 3 is 2.78 bits per heavy atom. The highest BCUT2D eigenvalue weighted by Crippen LogP contribution is 2.21. The number of likely N-dealkylation sites (tertiary alicyclic amines) is 1. The Kier molecular flexibility index (Phi) is 4.19. The molecule has 2 heterocycles. The lowest BCUT2D eigenvalue weighted by molar-refractivity contribution is 0.183. The molecule has 18 heavy (non-hydrogen) atoms. The van der Waals surface area contributed by atoms with Gasteiger partial charge in [0.1, 0.15) is 5.01 Å². The maximum absolute atomic E-state index is 11.0. The molecule has 1 atom stereocenters. The van der Waals surface area contributed by atoms with Crippen LogP contribution < -0.4 is 11.1 Å². The number of urea groups is 1. The summed E-state index contributed by atoms with van der Waals surface area (Å²) in [6.07, 6.45) is 3.82. The Balaban J connectivity index is 1.83. The molecule has 6 heteroatoms. The van der Waals surface area contributed by atoms with Gasteiger partial charge in [-0.05, 0) is 26.7 Å². The van der Waals surface area contributed by atoms with E-state index in [2.05, 4.69) is 24.1 Å². The van der Waals surface area contributed by atoms with Gasteiger partial charge in [0.2, 0.25) is 0 Å². The van der Waals surface area contributed by atoms with E-state index in [1.807, 2.05) is 6.20 Å². The number of piperidine rings is 1. The van der Waals surface area contributed by atoms with E-state index in [0.29, 0.717) is 6.04 Å². The van der Waals surface area contributed by atoms with Gasteiger partial charge < -0.3 is 16.0 Å². The standard InChI is InChI=1S/C12H20N4OS/c1-8-7-14-11(18-8)9(2)15-10-3-5-16(6-4-10)12(13)17/h7,9-10,15H,3-6H2,1-2H3,(H2,13,17). The fourth-order valence-electron chi connectivity index (χ4n) is 2.26. The molecular formula is C12H20N4OS. The minimum atomic E-state index is -0.308. The molecule has 0 spiro atoms. The predicted octanol–water partition coefficient (Wildman–Crippen LogP) is 1.65. The number of nitrogens with two attached hydrogens (primary N) is 1. The number of aromatic nitrogens is 1.